The largest absolute Gasteiger partial charge is 0.356 e. The molecule has 0 fully saturated rings. The summed E-state index contributed by atoms with van der Waals surface area (Å²) < 4.78 is 0. The van der Waals surface area contributed by atoms with E-state index in [1.807, 2.05) is 0 Å². The summed E-state index contributed by atoms with van der Waals surface area (Å²) in [4.78, 5) is 4.95. The van der Waals surface area contributed by atoms with Crippen LogP contribution < -0.4 is 0 Å². The minimum Gasteiger partial charge on any atom is -0.356 e. The van der Waals surface area contributed by atoms with Gasteiger partial charge in [-0.1, -0.05) is 45.4 Å². The van der Waals surface area contributed by atoms with Gasteiger partial charge in [0.05, 0.1) is 0 Å². The Morgan fingerprint density at radius 3 is 1.72 bits per heavy atom. The Balaban J connectivity index is 2.10. The summed E-state index contributed by atoms with van der Waals surface area (Å²) in [7, 11) is 0. The molecule has 1 rings (SSSR count). The molecule has 1 aliphatic heterocycles. The van der Waals surface area contributed by atoms with E-state index in [1.165, 1.54) is 51.4 Å². The molecule has 0 aromatic rings. The van der Waals surface area contributed by atoms with Crippen LogP contribution in [0.15, 0.2) is 12.4 Å². The fraction of sp³-hybridized carbons (Fsp3) is 0.875. The normalized spacial score (nSPS) is 15.9. The van der Waals surface area contributed by atoms with Gasteiger partial charge < -0.3 is 9.80 Å². The summed E-state index contributed by atoms with van der Waals surface area (Å²) in [6.07, 6.45) is 16.3. The lowest BCUT2D eigenvalue weighted by Crippen LogP contribution is -2.38. The number of hydrogen-bond donors (Lipinski definition) is 0. The third-order valence-electron chi connectivity index (χ3n) is 4.01. The summed E-state index contributed by atoms with van der Waals surface area (Å²) in [5.41, 5.74) is 0. The Kier molecular flexibility index (Phi) is 7.95. The molecular weight excluding hydrogens is 220 g/mol. The van der Waals surface area contributed by atoms with Crippen LogP contribution in [0, 0.1) is 0 Å². The second-order valence-corrected chi connectivity index (χ2v) is 5.35. The third kappa shape index (κ3) is 4.91. The minimum atomic E-state index is 0.635. The van der Waals surface area contributed by atoms with Gasteiger partial charge >= 0.3 is 0 Å². The molecule has 0 atom stereocenters. The van der Waals surface area contributed by atoms with E-state index in [4.69, 9.17) is 0 Å². The van der Waals surface area contributed by atoms with Crippen molar-refractivity contribution in [2.75, 3.05) is 13.1 Å². The Hall–Kier alpha value is -0.660. The van der Waals surface area contributed by atoms with Crippen LogP contribution in [0.25, 0.3) is 0 Å². The van der Waals surface area contributed by atoms with Gasteiger partial charge in [-0.2, -0.15) is 0 Å². The fourth-order valence-electron chi connectivity index (χ4n) is 2.81. The molecule has 0 aromatic heterocycles. The molecule has 0 unspecified atom stereocenters. The summed E-state index contributed by atoms with van der Waals surface area (Å²) in [5.74, 6) is 0. The Morgan fingerprint density at radius 2 is 1.22 bits per heavy atom. The molecule has 18 heavy (non-hydrogen) atoms. The molecule has 106 valence electrons. The summed E-state index contributed by atoms with van der Waals surface area (Å²) in [6.45, 7) is 9.05. The van der Waals surface area contributed by atoms with E-state index in [2.05, 4.69) is 43.0 Å². The number of unbranched alkanes of at least 4 members (excludes halogenated alkanes) is 6. The van der Waals surface area contributed by atoms with E-state index >= 15 is 0 Å². The number of hydrogen-bond acceptors (Lipinski definition) is 2. The maximum atomic E-state index is 2.47. The Morgan fingerprint density at radius 1 is 0.722 bits per heavy atom. The average Bonchev–Trinajstić information content (AvgIpc) is 2.79. The second kappa shape index (κ2) is 9.29. The highest BCUT2D eigenvalue weighted by Crippen LogP contribution is 2.21. The topological polar surface area (TPSA) is 6.48 Å². The van der Waals surface area contributed by atoms with Crippen LogP contribution in [0.3, 0.4) is 0 Å². The zero-order valence-electron chi connectivity index (χ0n) is 12.7. The summed E-state index contributed by atoms with van der Waals surface area (Å²) in [5, 5.41) is 0. The van der Waals surface area contributed by atoms with E-state index < -0.39 is 0 Å². The van der Waals surface area contributed by atoms with Gasteiger partial charge in [0.15, 0.2) is 0 Å². The van der Waals surface area contributed by atoms with Gasteiger partial charge in [0.1, 0.15) is 6.17 Å². The van der Waals surface area contributed by atoms with Crippen molar-refractivity contribution in [2.24, 2.45) is 0 Å². The third-order valence-corrected chi connectivity index (χ3v) is 4.01. The Bertz CT molecular complexity index is 211. The fourth-order valence-corrected chi connectivity index (χ4v) is 2.81. The molecule has 2 heteroatoms. The van der Waals surface area contributed by atoms with Crippen LogP contribution in [0.1, 0.15) is 72.1 Å². The van der Waals surface area contributed by atoms with Crippen LogP contribution in [0.4, 0.5) is 0 Å². The smallest absolute Gasteiger partial charge is 0.101 e. The van der Waals surface area contributed by atoms with Gasteiger partial charge in [-0.3, -0.25) is 0 Å². The molecule has 1 aliphatic rings. The standard InChI is InChI=1S/C16H32N2/c1-4-7-8-9-10-11-12-13-16-17(5-2)14-15-18(16)6-3/h14-16H,4-13H2,1-3H3. The highest BCUT2D eigenvalue weighted by Gasteiger charge is 2.22. The lowest BCUT2D eigenvalue weighted by molar-refractivity contribution is 0.149. The van der Waals surface area contributed by atoms with Crippen LogP contribution in [0.5, 0.6) is 0 Å². The van der Waals surface area contributed by atoms with Crippen molar-refractivity contribution in [1.29, 1.82) is 0 Å². The molecule has 0 spiro atoms. The molecule has 1 heterocycles. The number of nitrogens with zero attached hydrogens (tertiary/aromatic N) is 2. The van der Waals surface area contributed by atoms with Gasteiger partial charge in [-0.25, -0.2) is 0 Å². The summed E-state index contributed by atoms with van der Waals surface area (Å²) in [6, 6.07) is 0. The lowest BCUT2D eigenvalue weighted by Gasteiger charge is -2.31. The minimum absolute atomic E-state index is 0.635. The van der Waals surface area contributed by atoms with Crippen molar-refractivity contribution in [2.45, 2.75) is 78.3 Å². The molecule has 0 saturated carbocycles. The zero-order valence-corrected chi connectivity index (χ0v) is 12.7. The molecule has 0 saturated heterocycles. The molecule has 2 nitrogen and oxygen atoms in total. The van der Waals surface area contributed by atoms with Gasteiger partial charge in [0.25, 0.3) is 0 Å². The maximum Gasteiger partial charge on any atom is 0.101 e. The van der Waals surface area contributed by atoms with Crippen molar-refractivity contribution >= 4 is 0 Å². The van der Waals surface area contributed by atoms with Gasteiger partial charge in [0.2, 0.25) is 0 Å². The molecule has 0 bridgehead atoms. The first-order valence-electron chi connectivity index (χ1n) is 8.03. The van der Waals surface area contributed by atoms with Crippen LogP contribution in [0.2, 0.25) is 0 Å². The van der Waals surface area contributed by atoms with Crippen molar-refractivity contribution in [1.82, 2.24) is 9.80 Å². The molecule has 0 aromatic carbocycles. The highest BCUT2D eigenvalue weighted by atomic mass is 15.4. The van der Waals surface area contributed by atoms with Gasteiger partial charge in [0, 0.05) is 25.5 Å². The first-order valence-corrected chi connectivity index (χ1v) is 8.03. The second-order valence-electron chi connectivity index (χ2n) is 5.35. The first-order chi connectivity index (χ1) is 8.83. The van der Waals surface area contributed by atoms with E-state index in [0.29, 0.717) is 6.17 Å². The molecule has 0 aliphatic carbocycles. The van der Waals surface area contributed by atoms with E-state index in [1.54, 1.807) is 0 Å². The molecule has 0 radical (unpaired) electrons. The Labute approximate surface area is 114 Å². The average molecular weight is 252 g/mol. The van der Waals surface area contributed by atoms with Crippen LogP contribution in [-0.2, 0) is 0 Å². The van der Waals surface area contributed by atoms with Gasteiger partial charge in [-0.05, 0) is 26.7 Å². The SMILES string of the molecule is CCCCCCCCCC1N(CC)C=CN1CC. The van der Waals surface area contributed by atoms with Gasteiger partial charge in [-0.15, -0.1) is 0 Å². The molecule has 0 N–H and O–H groups in total. The van der Waals surface area contributed by atoms with Crippen molar-refractivity contribution in [3.63, 3.8) is 0 Å². The van der Waals surface area contributed by atoms with Crippen molar-refractivity contribution < 1.29 is 0 Å². The van der Waals surface area contributed by atoms with Crippen LogP contribution >= 0.6 is 0 Å². The highest BCUT2D eigenvalue weighted by molar-refractivity contribution is 4.95. The number of rotatable bonds is 10. The summed E-state index contributed by atoms with van der Waals surface area (Å²) >= 11 is 0. The first kappa shape index (κ1) is 15.4. The van der Waals surface area contributed by atoms with E-state index in [0.717, 1.165) is 13.1 Å². The van der Waals surface area contributed by atoms with E-state index in [-0.39, 0.29) is 0 Å². The predicted molar refractivity (Wildman–Crippen MR) is 80.3 cm³/mol. The van der Waals surface area contributed by atoms with Crippen molar-refractivity contribution in [3.05, 3.63) is 12.4 Å². The molecule has 0 amide bonds. The quantitative estimate of drug-likeness (QED) is 0.525. The maximum absolute atomic E-state index is 2.47. The molecular formula is C16H32N2. The lowest BCUT2D eigenvalue weighted by atomic mass is 10.1. The van der Waals surface area contributed by atoms with Crippen LogP contribution in [-0.4, -0.2) is 29.1 Å². The predicted octanol–water partition coefficient (Wildman–Crippen LogP) is 4.58. The van der Waals surface area contributed by atoms with Crippen molar-refractivity contribution in [3.8, 4) is 0 Å². The zero-order chi connectivity index (χ0) is 13.2. The monoisotopic (exact) mass is 252 g/mol. The van der Waals surface area contributed by atoms with E-state index in [9.17, 15) is 0 Å².